The Labute approximate surface area is 115 Å². The van der Waals surface area contributed by atoms with Gasteiger partial charge < -0.3 is 10.0 Å². The summed E-state index contributed by atoms with van der Waals surface area (Å²) in [7, 11) is 0. The van der Waals surface area contributed by atoms with Crippen LogP contribution in [0.3, 0.4) is 0 Å². The summed E-state index contributed by atoms with van der Waals surface area (Å²) in [5, 5.41) is 9.48. The van der Waals surface area contributed by atoms with E-state index in [2.05, 4.69) is 4.98 Å². The van der Waals surface area contributed by atoms with E-state index in [9.17, 15) is 14.7 Å². The summed E-state index contributed by atoms with van der Waals surface area (Å²) in [6.45, 7) is 0. The minimum absolute atomic E-state index is 0.102. The quantitative estimate of drug-likeness (QED) is 0.920. The maximum atomic E-state index is 12.3. The molecule has 5 nitrogen and oxygen atoms in total. The van der Waals surface area contributed by atoms with Crippen LogP contribution in [0.1, 0.15) is 43.0 Å². The highest BCUT2D eigenvalue weighted by atomic mass is 32.1. The standard InChI is InChI=1S/C13H16N2O3S/c16-11-3-1-2-9(13(17)18)12(10-6-14-7-19-10)15(11)8-4-5-8/h6-9,12H,1-5H2,(H,17,18). The van der Waals surface area contributed by atoms with E-state index >= 15 is 0 Å². The molecule has 1 N–H and O–H groups in total. The topological polar surface area (TPSA) is 70.5 Å². The van der Waals surface area contributed by atoms with E-state index in [1.165, 1.54) is 11.3 Å². The van der Waals surface area contributed by atoms with Gasteiger partial charge >= 0.3 is 5.97 Å². The molecule has 1 aliphatic heterocycles. The molecule has 3 rings (SSSR count). The number of carbonyl (C=O) groups excluding carboxylic acids is 1. The van der Waals surface area contributed by atoms with Crippen LogP contribution in [0.2, 0.25) is 0 Å². The predicted octanol–water partition coefficient (Wildman–Crippen LogP) is 2.06. The lowest BCUT2D eigenvalue weighted by Gasteiger charge is -2.32. The molecule has 1 saturated heterocycles. The number of carbonyl (C=O) groups is 2. The van der Waals surface area contributed by atoms with Crippen molar-refractivity contribution in [3.05, 3.63) is 16.6 Å². The zero-order valence-electron chi connectivity index (χ0n) is 10.5. The van der Waals surface area contributed by atoms with Gasteiger partial charge in [0.25, 0.3) is 0 Å². The number of nitrogens with zero attached hydrogens (tertiary/aromatic N) is 2. The number of aliphatic carboxylic acids is 1. The molecule has 0 aromatic carbocycles. The number of thiazole rings is 1. The number of rotatable bonds is 3. The summed E-state index contributed by atoms with van der Waals surface area (Å²) < 4.78 is 0. The zero-order valence-corrected chi connectivity index (χ0v) is 11.3. The highest BCUT2D eigenvalue weighted by Gasteiger charge is 2.45. The molecule has 2 unspecified atom stereocenters. The Morgan fingerprint density at radius 1 is 1.42 bits per heavy atom. The van der Waals surface area contributed by atoms with Gasteiger partial charge in [0, 0.05) is 23.5 Å². The van der Waals surface area contributed by atoms with Crippen LogP contribution >= 0.6 is 11.3 Å². The van der Waals surface area contributed by atoms with Crippen molar-refractivity contribution >= 4 is 23.2 Å². The minimum Gasteiger partial charge on any atom is -0.481 e. The molecule has 1 aliphatic carbocycles. The fourth-order valence-corrected chi connectivity index (χ4v) is 3.64. The monoisotopic (exact) mass is 280 g/mol. The highest BCUT2D eigenvalue weighted by molar-refractivity contribution is 7.09. The second-order valence-corrected chi connectivity index (χ2v) is 6.14. The van der Waals surface area contributed by atoms with E-state index in [0.29, 0.717) is 19.3 Å². The molecule has 6 heteroatoms. The molecule has 2 aliphatic rings. The van der Waals surface area contributed by atoms with E-state index in [4.69, 9.17) is 0 Å². The van der Waals surface area contributed by atoms with Crippen LogP contribution in [-0.4, -0.2) is 32.9 Å². The number of carboxylic acid groups (broad SMARTS) is 1. The van der Waals surface area contributed by atoms with Crippen molar-refractivity contribution in [1.29, 1.82) is 0 Å². The molecule has 1 amide bonds. The molecule has 2 fully saturated rings. The van der Waals surface area contributed by atoms with Gasteiger partial charge in [0.2, 0.25) is 5.91 Å². The number of carboxylic acids is 1. The number of hydrogen-bond donors (Lipinski definition) is 1. The van der Waals surface area contributed by atoms with Gasteiger partial charge in [-0.2, -0.15) is 0 Å². The first-order chi connectivity index (χ1) is 9.18. The third kappa shape index (κ3) is 2.36. The molecular formula is C13H16N2O3S. The Balaban J connectivity index is 2.01. The van der Waals surface area contributed by atoms with Crippen LogP contribution in [0.4, 0.5) is 0 Å². The molecule has 102 valence electrons. The van der Waals surface area contributed by atoms with Gasteiger partial charge in [-0.15, -0.1) is 11.3 Å². The molecule has 2 heterocycles. The summed E-state index contributed by atoms with van der Waals surface area (Å²) in [4.78, 5) is 30.6. The predicted molar refractivity (Wildman–Crippen MR) is 69.7 cm³/mol. The smallest absolute Gasteiger partial charge is 0.308 e. The van der Waals surface area contributed by atoms with Gasteiger partial charge in [-0.3, -0.25) is 14.6 Å². The van der Waals surface area contributed by atoms with Crippen LogP contribution in [0.5, 0.6) is 0 Å². The maximum Gasteiger partial charge on any atom is 0.308 e. The molecule has 0 radical (unpaired) electrons. The van der Waals surface area contributed by atoms with Crippen molar-refractivity contribution in [2.75, 3.05) is 0 Å². The van der Waals surface area contributed by atoms with Crippen molar-refractivity contribution in [2.24, 2.45) is 5.92 Å². The molecular weight excluding hydrogens is 264 g/mol. The van der Waals surface area contributed by atoms with Crippen molar-refractivity contribution in [2.45, 2.75) is 44.2 Å². The lowest BCUT2D eigenvalue weighted by atomic mass is 9.94. The Morgan fingerprint density at radius 3 is 2.79 bits per heavy atom. The van der Waals surface area contributed by atoms with E-state index in [1.54, 1.807) is 11.7 Å². The third-order valence-corrected chi connectivity index (χ3v) is 4.72. The van der Waals surface area contributed by atoms with Crippen LogP contribution in [0.15, 0.2) is 11.7 Å². The molecule has 2 atom stereocenters. The molecule has 19 heavy (non-hydrogen) atoms. The van der Waals surface area contributed by atoms with Gasteiger partial charge in [0.15, 0.2) is 0 Å². The van der Waals surface area contributed by atoms with Crippen molar-refractivity contribution in [3.8, 4) is 0 Å². The summed E-state index contributed by atoms with van der Waals surface area (Å²) >= 11 is 1.44. The highest BCUT2D eigenvalue weighted by Crippen LogP contribution is 2.43. The average Bonchev–Trinajstić information content (AvgIpc) is 3.09. The maximum absolute atomic E-state index is 12.3. The summed E-state index contributed by atoms with van der Waals surface area (Å²) in [6.07, 6.45) is 5.39. The van der Waals surface area contributed by atoms with Crippen LogP contribution in [0.25, 0.3) is 0 Å². The Hall–Kier alpha value is -1.43. The van der Waals surface area contributed by atoms with Crippen molar-refractivity contribution in [1.82, 2.24) is 9.88 Å². The fourth-order valence-electron chi connectivity index (χ4n) is 2.86. The molecule has 1 aromatic rings. The molecule has 0 bridgehead atoms. The van der Waals surface area contributed by atoms with Gasteiger partial charge in [0.05, 0.1) is 17.5 Å². The first kappa shape index (κ1) is 12.6. The van der Waals surface area contributed by atoms with E-state index in [0.717, 1.165) is 17.7 Å². The molecule has 1 aromatic heterocycles. The van der Waals surface area contributed by atoms with Crippen LogP contribution < -0.4 is 0 Å². The zero-order chi connectivity index (χ0) is 13.4. The fraction of sp³-hybridized carbons (Fsp3) is 0.615. The van der Waals surface area contributed by atoms with Crippen molar-refractivity contribution < 1.29 is 14.7 Å². The minimum atomic E-state index is -0.807. The van der Waals surface area contributed by atoms with Gasteiger partial charge in [-0.25, -0.2) is 0 Å². The van der Waals surface area contributed by atoms with Crippen LogP contribution in [-0.2, 0) is 9.59 Å². The van der Waals surface area contributed by atoms with E-state index < -0.39 is 11.9 Å². The number of likely N-dealkylation sites (tertiary alicyclic amines) is 1. The normalized spacial score (nSPS) is 28.2. The third-order valence-electron chi connectivity index (χ3n) is 3.87. The lowest BCUT2D eigenvalue weighted by Crippen LogP contribution is -2.40. The Morgan fingerprint density at radius 2 is 2.21 bits per heavy atom. The lowest BCUT2D eigenvalue weighted by molar-refractivity contribution is -0.146. The SMILES string of the molecule is O=C(O)C1CCCC(=O)N(C2CC2)C1c1cncs1. The van der Waals surface area contributed by atoms with E-state index in [1.807, 2.05) is 4.90 Å². The number of hydrogen-bond acceptors (Lipinski definition) is 4. The first-order valence-electron chi connectivity index (χ1n) is 6.61. The van der Waals surface area contributed by atoms with Crippen molar-refractivity contribution in [3.63, 3.8) is 0 Å². The largest absolute Gasteiger partial charge is 0.481 e. The average molecular weight is 280 g/mol. The van der Waals surface area contributed by atoms with Gasteiger partial charge in [-0.05, 0) is 25.7 Å². The van der Waals surface area contributed by atoms with Gasteiger partial charge in [-0.1, -0.05) is 0 Å². The van der Waals surface area contributed by atoms with Crippen LogP contribution in [0, 0.1) is 5.92 Å². The number of amides is 1. The van der Waals surface area contributed by atoms with Gasteiger partial charge in [0.1, 0.15) is 0 Å². The second-order valence-electron chi connectivity index (χ2n) is 5.22. The second kappa shape index (κ2) is 4.92. The van der Waals surface area contributed by atoms with E-state index in [-0.39, 0.29) is 18.0 Å². The first-order valence-corrected chi connectivity index (χ1v) is 7.49. The molecule has 0 spiro atoms. The summed E-state index contributed by atoms with van der Waals surface area (Å²) in [6, 6.07) is -0.0907. The Kier molecular flexibility index (Phi) is 3.26. The summed E-state index contributed by atoms with van der Waals surface area (Å²) in [5.41, 5.74) is 1.70. The summed E-state index contributed by atoms with van der Waals surface area (Å²) in [5.74, 6) is -1.21. The number of aromatic nitrogens is 1. The Bertz CT molecular complexity index is 484. The molecule has 1 saturated carbocycles.